The number of nitrogens with one attached hydrogen (secondary N) is 1. The van der Waals surface area contributed by atoms with E-state index in [1.807, 2.05) is 0 Å². The van der Waals surface area contributed by atoms with Crippen LogP contribution >= 0.6 is 11.3 Å². The summed E-state index contributed by atoms with van der Waals surface area (Å²) in [6.07, 6.45) is 1.67. The van der Waals surface area contributed by atoms with E-state index in [9.17, 15) is 4.79 Å². The van der Waals surface area contributed by atoms with Crippen LogP contribution in [-0.4, -0.2) is 29.4 Å². The van der Waals surface area contributed by atoms with E-state index in [2.05, 4.69) is 40.9 Å². The first kappa shape index (κ1) is 12.6. The Bertz CT molecular complexity index is 362. The molecule has 0 bridgehead atoms. The van der Waals surface area contributed by atoms with E-state index in [1.165, 1.54) is 5.56 Å². The molecule has 1 saturated heterocycles. The highest BCUT2D eigenvalue weighted by Gasteiger charge is 2.24. The van der Waals surface area contributed by atoms with Gasteiger partial charge >= 0.3 is 0 Å². The number of amides is 1. The predicted octanol–water partition coefficient (Wildman–Crippen LogP) is 2.24. The minimum Gasteiger partial charge on any atom is -0.352 e. The Hall–Kier alpha value is -0.870. The maximum atomic E-state index is 11.2. The lowest BCUT2D eigenvalue weighted by molar-refractivity contribution is -0.119. The molecule has 1 fully saturated rings. The van der Waals surface area contributed by atoms with Crippen molar-refractivity contribution < 1.29 is 4.79 Å². The summed E-state index contributed by atoms with van der Waals surface area (Å²) >= 11 is 1.74. The van der Waals surface area contributed by atoms with Gasteiger partial charge in [0, 0.05) is 31.6 Å². The Balaban J connectivity index is 1.91. The van der Waals surface area contributed by atoms with Crippen LogP contribution in [0.25, 0.3) is 0 Å². The summed E-state index contributed by atoms with van der Waals surface area (Å²) < 4.78 is 0. The minimum absolute atomic E-state index is 0.203. The van der Waals surface area contributed by atoms with Gasteiger partial charge in [0.1, 0.15) is 0 Å². The van der Waals surface area contributed by atoms with Crippen LogP contribution in [0.2, 0.25) is 0 Å². The van der Waals surface area contributed by atoms with E-state index in [1.54, 1.807) is 11.3 Å². The third kappa shape index (κ3) is 3.54. The largest absolute Gasteiger partial charge is 0.352 e. The average Bonchev–Trinajstić information content (AvgIpc) is 2.89. The van der Waals surface area contributed by atoms with Crippen LogP contribution in [0.3, 0.4) is 0 Å². The van der Waals surface area contributed by atoms with Crippen molar-refractivity contribution in [3.63, 3.8) is 0 Å². The highest BCUT2D eigenvalue weighted by atomic mass is 32.1. The van der Waals surface area contributed by atoms with Gasteiger partial charge in [0.2, 0.25) is 5.91 Å². The SMILES string of the molecule is CC(C)N(Cc1ccsc1)CC1CCC(=O)N1. The second-order valence-electron chi connectivity index (χ2n) is 4.96. The molecule has 1 aromatic rings. The molecule has 0 aromatic carbocycles. The number of thiophene rings is 1. The average molecular weight is 252 g/mol. The number of carbonyl (C=O) groups is 1. The van der Waals surface area contributed by atoms with Crippen LogP contribution in [0.1, 0.15) is 32.3 Å². The molecule has 1 aliphatic rings. The first-order valence-electron chi connectivity index (χ1n) is 6.19. The number of rotatable bonds is 5. The van der Waals surface area contributed by atoms with Crippen LogP contribution in [0.15, 0.2) is 16.8 Å². The lowest BCUT2D eigenvalue weighted by Crippen LogP contribution is -2.41. The summed E-state index contributed by atoms with van der Waals surface area (Å²) in [4.78, 5) is 13.6. The summed E-state index contributed by atoms with van der Waals surface area (Å²) in [6, 6.07) is 3.02. The van der Waals surface area contributed by atoms with E-state index < -0.39 is 0 Å². The van der Waals surface area contributed by atoms with Crippen LogP contribution in [-0.2, 0) is 11.3 Å². The van der Waals surface area contributed by atoms with Crippen molar-refractivity contribution >= 4 is 17.2 Å². The Morgan fingerprint density at radius 1 is 1.59 bits per heavy atom. The molecule has 2 heterocycles. The second kappa shape index (κ2) is 5.65. The van der Waals surface area contributed by atoms with Gasteiger partial charge in [-0.15, -0.1) is 0 Å². The van der Waals surface area contributed by atoms with Gasteiger partial charge in [0.15, 0.2) is 0 Å². The van der Waals surface area contributed by atoms with E-state index in [0.29, 0.717) is 18.5 Å². The van der Waals surface area contributed by atoms with Crippen molar-refractivity contribution in [2.45, 2.75) is 45.3 Å². The Labute approximate surface area is 107 Å². The van der Waals surface area contributed by atoms with Crippen molar-refractivity contribution in [2.75, 3.05) is 6.54 Å². The van der Waals surface area contributed by atoms with E-state index >= 15 is 0 Å². The van der Waals surface area contributed by atoms with Crippen molar-refractivity contribution in [1.82, 2.24) is 10.2 Å². The van der Waals surface area contributed by atoms with Gasteiger partial charge in [-0.05, 0) is 42.7 Å². The molecular weight excluding hydrogens is 232 g/mol. The lowest BCUT2D eigenvalue weighted by atomic mass is 10.1. The van der Waals surface area contributed by atoms with Crippen molar-refractivity contribution in [3.05, 3.63) is 22.4 Å². The molecule has 0 saturated carbocycles. The molecule has 1 N–H and O–H groups in total. The molecule has 3 nitrogen and oxygen atoms in total. The molecule has 1 amide bonds. The number of hydrogen-bond acceptors (Lipinski definition) is 3. The molecule has 1 aliphatic heterocycles. The zero-order valence-electron chi connectivity index (χ0n) is 10.5. The Morgan fingerprint density at radius 3 is 2.94 bits per heavy atom. The first-order valence-corrected chi connectivity index (χ1v) is 7.14. The van der Waals surface area contributed by atoms with Crippen LogP contribution in [0, 0.1) is 0 Å². The van der Waals surface area contributed by atoms with Gasteiger partial charge in [-0.2, -0.15) is 11.3 Å². The summed E-state index contributed by atoms with van der Waals surface area (Å²) in [5.74, 6) is 0.203. The van der Waals surface area contributed by atoms with E-state index in [0.717, 1.165) is 19.5 Å². The molecule has 0 radical (unpaired) electrons. The monoisotopic (exact) mass is 252 g/mol. The maximum absolute atomic E-state index is 11.2. The molecular formula is C13H20N2OS. The maximum Gasteiger partial charge on any atom is 0.220 e. The summed E-state index contributed by atoms with van der Waals surface area (Å²) in [5.41, 5.74) is 1.37. The molecule has 0 aliphatic carbocycles. The van der Waals surface area contributed by atoms with Gasteiger partial charge in [-0.1, -0.05) is 0 Å². The topological polar surface area (TPSA) is 32.3 Å². The number of carbonyl (C=O) groups excluding carboxylic acids is 1. The van der Waals surface area contributed by atoms with E-state index in [-0.39, 0.29) is 5.91 Å². The van der Waals surface area contributed by atoms with Crippen molar-refractivity contribution in [1.29, 1.82) is 0 Å². The molecule has 1 aromatic heterocycles. The number of hydrogen-bond donors (Lipinski definition) is 1. The standard InChI is InChI=1S/C13H20N2OS/c1-10(2)15(7-11-5-6-17-9-11)8-12-3-4-13(16)14-12/h5-6,9-10,12H,3-4,7-8H2,1-2H3,(H,14,16). The van der Waals surface area contributed by atoms with E-state index in [4.69, 9.17) is 0 Å². The smallest absolute Gasteiger partial charge is 0.220 e. The molecule has 1 unspecified atom stereocenters. The van der Waals surface area contributed by atoms with Crippen LogP contribution in [0.5, 0.6) is 0 Å². The van der Waals surface area contributed by atoms with Crippen LogP contribution in [0.4, 0.5) is 0 Å². The van der Waals surface area contributed by atoms with Crippen LogP contribution < -0.4 is 5.32 Å². The third-order valence-electron chi connectivity index (χ3n) is 3.24. The highest BCUT2D eigenvalue weighted by molar-refractivity contribution is 7.07. The lowest BCUT2D eigenvalue weighted by Gasteiger charge is -2.28. The fourth-order valence-electron chi connectivity index (χ4n) is 2.17. The molecule has 17 heavy (non-hydrogen) atoms. The van der Waals surface area contributed by atoms with Gasteiger partial charge < -0.3 is 5.32 Å². The van der Waals surface area contributed by atoms with Gasteiger partial charge in [0.25, 0.3) is 0 Å². The molecule has 1 atom stereocenters. The minimum atomic E-state index is 0.203. The predicted molar refractivity (Wildman–Crippen MR) is 71.0 cm³/mol. The highest BCUT2D eigenvalue weighted by Crippen LogP contribution is 2.15. The number of nitrogens with zero attached hydrogens (tertiary/aromatic N) is 1. The first-order chi connectivity index (χ1) is 8.15. The second-order valence-corrected chi connectivity index (χ2v) is 5.74. The Kier molecular flexibility index (Phi) is 4.18. The molecule has 94 valence electrons. The molecule has 0 spiro atoms. The summed E-state index contributed by atoms with van der Waals surface area (Å²) in [5, 5.41) is 7.35. The van der Waals surface area contributed by atoms with Crippen molar-refractivity contribution in [2.24, 2.45) is 0 Å². The molecule has 4 heteroatoms. The van der Waals surface area contributed by atoms with Gasteiger partial charge in [-0.3, -0.25) is 9.69 Å². The quantitative estimate of drug-likeness (QED) is 0.871. The summed E-state index contributed by atoms with van der Waals surface area (Å²) in [7, 11) is 0. The zero-order chi connectivity index (χ0) is 12.3. The summed E-state index contributed by atoms with van der Waals surface area (Å²) in [6.45, 7) is 6.36. The van der Waals surface area contributed by atoms with Crippen molar-refractivity contribution in [3.8, 4) is 0 Å². The zero-order valence-corrected chi connectivity index (χ0v) is 11.3. The Morgan fingerprint density at radius 2 is 2.41 bits per heavy atom. The van der Waals surface area contributed by atoms with Gasteiger partial charge in [-0.25, -0.2) is 0 Å². The molecule has 2 rings (SSSR count). The fourth-order valence-corrected chi connectivity index (χ4v) is 2.83. The third-order valence-corrected chi connectivity index (χ3v) is 3.97. The van der Waals surface area contributed by atoms with Gasteiger partial charge in [0.05, 0.1) is 0 Å². The fraction of sp³-hybridized carbons (Fsp3) is 0.615. The normalized spacial score (nSPS) is 20.2.